The molecular weight excluding hydrogens is 324 g/mol. The van der Waals surface area contributed by atoms with Crippen molar-refractivity contribution in [2.75, 3.05) is 0 Å². The zero-order valence-electron chi connectivity index (χ0n) is 15.8. The maximum Gasteiger partial charge on any atom is 0.209 e. The first-order valence-corrected chi connectivity index (χ1v) is 9.32. The van der Waals surface area contributed by atoms with Gasteiger partial charge in [0.05, 0.1) is 0 Å². The van der Waals surface area contributed by atoms with E-state index in [1.165, 1.54) is 32.1 Å². The van der Waals surface area contributed by atoms with Crippen LogP contribution in [0, 0.1) is 0 Å². The van der Waals surface area contributed by atoms with Crippen LogP contribution in [-0.4, -0.2) is 50.5 Å². The Morgan fingerprint density at radius 1 is 0.800 bits per heavy atom. The van der Waals surface area contributed by atoms with Crippen molar-refractivity contribution in [1.29, 1.82) is 0 Å². The second-order valence-corrected chi connectivity index (χ2v) is 6.81. The Morgan fingerprint density at radius 2 is 1.20 bits per heavy atom. The molecule has 0 aliphatic carbocycles. The van der Waals surface area contributed by atoms with Crippen LogP contribution in [0.1, 0.15) is 85.0 Å². The summed E-state index contributed by atoms with van der Waals surface area (Å²) in [5.41, 5.74) is -2.74. The van der Waals surface area contributed by atoms with Crippen molar-refractivity contribution in [3.8, 4) is 0 Å². The number of Topliss-reactive ketones (excluding diaryl/α,β-unsaturated/α-hetero) is 3. The Morgan fingerprint density at radius 3 is 1.60 bits per heavy atom. The van der Waals surface area contributed by atoms with Crippen LogP contribution in [0.3, 0.4) is 0 Å². The van der Waals surface area contributed by atoms with Gasteiger partial charge in [0, 0.05) is 6.42 Å². The lowest BCUT2D eigenvalue weighted by atomic mass is 9.83. The molecule has 0 radical (unpaired) electrons. The predicted octanol–water partition coefficient (Wildman–Crippen LogP) is 2.11. The largest absolute Gasteiger partial charge is 0.386 e. The molecule has 0 rings (SSSR count). The molecule has 0 fully saturated rings. The quantitative estimate of drug-likeness (QED) is 0.305. The van der Waals surface area contributed by atoms with E-state index in [0.29, 0.717) is 6.42 Å². The lowest BCUT2D eigenvalue weighted by Gasteiger charge is -2.30. The average Bonchev–Trinajstić information content (AvgIpc) is 2.57. The second-order valence-electron chi connectivity index (χ2n) is 6.81. The van der Waals surface area contributed by atoms with Crippen molar-refractivity contribution in [3.63, 3.8) is 0 Å². The molecule has 3 N–H and O–H groups in total. The molecule has 0 amide bonds. The van der Waals surface area contributed by atoms with Gasteiger partial charge < -0.3 is 15.3 Å². The summed E-state index contributed by atoms with van der Waals surface area (Å²) in [6, 6.07) is 0. The molecule has 6 heteroatoms. The molecule has 0 aromatic heterocycles. The van der Waals surface area contributed by atoms with Crippen molar-refractivity contribution in [3.05, 3.63) is 0 Å². The van der Waals surface area contributed by atoms with Gasteiger partial charge in [-0.15, -0.1) is 0 Å². The summed E-state index contributed by atoms with van der Waals surface area (Å²) < 4.78 is 0. The summed E-state index contributed by atoms with van der Waals surface area (Å²) in [6.45, 7) is 4.04. The standard InChI is InChI=1S/C19H34O6/c1-4-5-6-7-8-9-10-11-12-13-16(22)17(23)18(24)19(25,14(2)20)15(3)21/h17-18,23-25H,4-13H2,1-3H3. The third kappa shape index (κ3) is 7.75. The Bertz CT molecular complexity index is 418. The molecule has 0 saturated heterocycles. The monoisotopic (exact) mass is 358 g/mol. The molecule has 0 aliphatic heterocycles. The third-order valence-electron chi connectivity index (χ3n) is 4.66. The molecule has 2 atom stereocenters. The van der Waals surface area contributed by atoms with E-state index in [2.05, 4.69) is 6.92 Å². The SMILES string of the molecule is CCCCCCCCCCCC(=O)C(O)C(O)C(O)(C(C)=O)C(C)=O. The van der Waals surface area contributed by atoms with Gasteiger partial charge in [-0.25, -0.2) is 0 Å². The van der Waals surface area contributed by atoms with Crippen LogP contribution in [0.2, 0.25) is 0 Å². The van der Waals surface area contributed by atoms with Crippen LogP contribution in [-0.2, 0) is 14.4 Å². The highest BCUT2D eigenvalue weighted by molar-refractivity contribution is 6.09. The first kappa shape index (κ1) is 23.9. The number of aliphatic hydroxyl groups is 3. The molecule has 146 valence electrons. The molecular formula is C19H34O6. The number of aliphatic hydroxyl groups excluding tert-OH is 2. The first-order chi connectivity index (χ1) is 11.7. The van der Waals surface area contributed by atoms with Crippen molar-refractivity contribution >= 4 is 17.3 Å². The smallest absolute Gasteiger partial charge is 0.209 e. The minimum Gasteiger partial charge on any atom is -0.386 e. The van der Waals surface area contributed by atoms with E-state index in [4.69, 9.17) is 0 Å². The van der Waals surface area contributed by atoms with Crippen LogP contribution in [0.5, 0.6) is 0 Å². The Hall–Kier alpha value is -1.11. The van der Waals surface area contributed by atoms with Crippen LogP contribution in [0.15, 0.2) is 0 Å². The molecule has 0 heterocycles. The molecule has 6 nitrogen and oxygen atoms in total. The van der Waals surface area contributed by atoms with Crippen molar-refractivity contribution in [2.45, 2.75) is 103 Å². The van der Waals surface area contributed by atoms with Gasteiger partial charge in [-0.1, -0.05) is 58.3 Å². The number of ketones is 3. The summed E-state index contributed by atoms with van der Waals surface area (Å²) in [5.74, 6) is -2.67. The zero-order valence-corrected chi connectivity index (χ0v) is 15.8. The normalized spacial score (nSPS) is 14.2. The number of rotatable bonds is 15. The van der Waals surface area contributed by atoms with Gasteiger partial charge in [0.2, 0.25) is 5.60 Å². The van der Waals surface area contributed by atoms with E-state index in [-0.39, 0.29) is 6.42 Å². The van der Waals surface area contributed by atoms with Crippen LogP contribution < -0.4 is 0 Å². The van der Waals surface area contributed by atoms with Gasteiger partial charge in [0.1, 0.15) is 12.2 Å². The van der Waals surface area contributed by atoms with E-state index in [9.17, 15) is 29.7 Å². The summed E-state index contributed by atoms with van der Waals surface area (Å²) in [7, 11) is 0. The molecule has 0 bridgehead atoms. The summed E-state index contributed by atoms with van der Waals surface area (Å²) in [4.78, 5) is 34.8. The second kappa shape index (κ2) is 12.3. The lowest BCUT2D eigenvalue weighted by Crippen LogP contribution is -2.60. The number of carbonyl (C=O) groups is 3. The zero-order chi connectivity index (χ0) is 19.5. The van der Waals surface area contributed by atoms with E-state index in [1.807, 2.05) is 0 Å². The summed E-state index contributed by atoms with van der Waals surface area (Å²) >= 11 is 0. The molecule has 0 aromatic carbocycles. The van der Waals surface area contributed by atoms with E-state index in [0.717, 1.165) is 33.1 Å². The highest BCUT2D eigenvalue weighted by atomic mass is 16.4. The molecule has 25 heavy (non-hydrogen) atoms. The third-order valence-corrected chi connectivity index (χ3v) is 4.66. The minimum atomic E-state index is -2.74. The molecule has 0 saturated carbocycles. The van der Waals surface area contributed by atoms with Gasteiger partial charge in [-0.05, 0) is 20.3 Å². The lowest BCUT2D eigenvalue weighted by molar-refractivity contribution is -0.172. The maximum absolute atomic E-state index is 11.9. The van der Waals surface area contributed by atoms with Crippen LogP contribution in [0.25, 0.3) is 0 Å². The fourth-order valence-corrected chi connectivity index (χ4v) is 2.83. The van der Waals surface area contributed by atoms with Crippen molar-refractivity contribution < 1.29 is 29.7 Å². The fourth-order valence-electron chi connectivity index (χ4n) is 2.83. The minimum absolute atomic E-state index is 0.0416. The van der Waals surface area contributed by atoms with Crippen LogP contribution >= 0.6 is 0 Å². The Balaban J connectivity index is 4.18. The fraction of sp³-hybridized carbons (Fsp3) is 0.842. The van der Waals surface area contributed by atoms with E-state index in [1.54, 1.807) is 0 Å². The molecule has 0 spiro atoms. The molecule has 0 aliphatic rings. The van der Waals surface area contributed by atoms with Gasteiger partial charge in [0.25, 0.3) is 0 Å². The number of hydrogen-bond acceptors (Lipinski definition) is 6. The van der Waals surface area contributed by atoms with Crippen molar-refractivity contribution in [2.24, 2.45) is 0 Å². The summed E-state index contributed by atoms with van der Waals surface area (Å²) in [5, 5.41) is 29.8. The van der Waals surface area contributed by atoms with Gasteiger partial charge in [-0.2, -0.15) is 0 Å². The highest BCUT2D eigenvalue weighted by Crippen LogP contribution is 2.19. The predicted molar refractivity (Wildman–Crippen MR) is 95.2 cm³/mol. The summed E-state index contributed by atoms with van der Waals surface area (Å²) in [6.07, 6.45) is 5.61. The average molecular weight is 358 g/mol. The molecule has 0 aromatic rings. The number of carbonyl (C=O) groups excluding carboxylic acids is 3. The van der Waals surface area contributed by atoms with Gasteiger partial charge >= 0.3 is 0 Å². The van der Waals surface area contributed by atoms with E-state index >= 15 is 0 Å². The Kier molecular flexibility index (Phi) is 11.7. The highest BCUT2D eigenvalue weighted by Gasteiger charge is 2.50. The van der Waals surface area contributed by atoms with Gasteiger partial charge in [0.15, 0.2) is 17.3 Å². The van der Waals surface area contributed by atoms with Crippen LogP contribution in [0.4, 0.5) is 0 Å². The Labute approximate surface area is 150 Å². The van der Waals surface area contributed by atoms with Gasteiger partial charge in [-0.3, -0.25) is 14.4 Å². The number of unbranched alkanes of at least 4 members (excludes halogenated alkanes) is 8. The van der Waals surface area contributed by atoms with E-state index < -0.39 is 35.2 Å². The number of hydrogen-bond donors (Lipinski definition) is 3. The maximum atomic E-state index is 11.9. The van der Waals surface area contributed by atoms with Crippen molar-refractivity contribution in [1.82, 2.24) is 0 Å². The first-order valence-electron chi connectivity index (χ1n) is 9.32. The topological polar surface area (TPSA) is 112 Å². The molecule has 2 unspecified atom stereocenters.